The van der Waals surface area contributed by atoms with Gasteiger partial charge in [-0.3, -0.25) is 4.79 Å². The number of para-hydroxylation sites is 1. The Morgan fingerprint density at radius 3 is 2.33 bits per heavy atom. The summed E-state index contributed by atoms with van der Waals surface area (Å²) in [5, 5.41) is 8.39. The molecule has 3 rings (SSSR count). The molecule has 0 saturated carbocycles. The van der Waals surface area contributed by atoms with E-state index in [0.717, 1.165) is 11.1 Å². The fourth-order valence-electron chi connectivity index (χ4n) is 2.72. The third kappa shape index (κ3) is 3.30. The molecule has 3 N–H and O–H groups in total. The first kappa shape index (κ1) is 15.8. The minimum absolute atomic E-state index is 0.239. The molecule has 0 aromatic heterocycles. The summed E-state index contributed by atoms with van der Waals surface area (Å²) < 4.78 is 0. The third-order valence-corrected chi connectivity index (χ3v) is 3.96. The number of carbonyl (C=O) groups is 2. The zero-order valence-corrected chi connectivity index (χ0v) is 13.6. The average molecular weight is 321 g/mol. The molecule has 0 saturated heterocycles. The maximum atomic E-state index is 12.8. The van der Waals surface area contributed by atoms with Gasteiger partial charge in [-0.15, -0.1) is 0 Å². The number of rotatable bonds is 3. The highest BCUT2D eigenvalue weighted by Crippen LogP contribution is 2.27. The van der Waals surface area contributed by atoms with E-state index in [-0.39, 0.29) is 11.9 Å². The van der Waals surface area contributed by atoms with Gasteiger partial charge >= 0.3 is 6.03 Å². The van der Waals surface area contributed by atoms with Crippen LogP contribution in [0.25, 0.3) is 0 Å². The zero-order valence-electron chi connectivity index (χ0n) is 13.6. The van der Waals surface area contributed by atoms with E-state index in [4.69, 9.17) is 0 Å². The number of aryl methyl sites for hydroxylation is 1. The number of carbonyl (C=O) groups excluding carboxylic acids is 2. The van der Waals surface area contributed by atoms with Crippen molar-refractivity contribution in [2.24, 2.45) is 0 Å². The fourth-order valence-corrected chi connectivity index (χ4v) is 2.72. The van der Waals surface area contributed by atoms with E-state index in [1.807, 2.05) is 61.5 Å². The molecule has 122 valence electrons. The number of allylic oxidation sites excluding steroid dienone is 1. The number of hydrogen-bond donors (Lipinski definition) is 3. The van der Waals surface area contributed by atoms with Crippen LogP contribution in [0.1, 0.15) is 24.1 Å². The van der Waals surface area contributed by atoms with Crippen molar-refractivity contribution in [2.75, 3.05) is 5.32 Å². The first-order valence-corrected chi connectivity index (χ1v) is 7.76. The summed E-state index contributed by atoms with van der Waals surface area (Å²) >= 11 is 0. The average Bonchev–Trinajstić information content (AvgIpc) is 2.55. The summed E-state index contributed by atoms with van der Waals surface area (Å²) in [6, 6.07) is 16.2. The summed E-state index contributed by atoms with van der Waals surface area (Å²) in [5.74, 6) is -0.239. The Morgan fingerprint density at radius 2 is 1.67 bits per heavy atom. The molecule has 0 bridgehead atoms. The van der Waals surface area contributed by atoms with Crippen LogP contribution >= 0.6 is 0 Å². The van der Waals surface area contributed by atoms with Crippen molar-refractivity contribution in [1.82, 2.24) is 10.6 Å². The lowest BCUT2D eigenvalue weighted by Gasteiger charge is -2.28. The zero-order chi connectivity index (χ0) is 17.1. The maximum absolute atomic E-state index is 12.8. The quantitative estimate of drug-likeness (QED) is 0.812. The van der Waals surface area contributed by atoms with Gasteiger partial charge in [0.15, 0.2) is 0 Å². The Morgan fingerprint density at radius 1 is 1.00 bits per heavy atom. The molecule has 0 aliphatic carbocycles. The van der Waals surface area contributed by atoms with Gasteiger partial charge in [-0.05, 0) is 31.5 Å². The second-order valence-corrected chi connectivity index (χ2v) is 5.80. The summed E-state index contributed by atoms with van der Waals surface area (Å²) in [6.45, 7) is 3.73. The monoisotopic (exact) mass is 321 g/mol. The number of hydrogen-bond acceptors (Lipinski definition) is 2. The van der Waals surface area contributed by atoms with Gasteiger partial charge in [0.1, 0.15) is 0 Å². The SMILES string of the molecule is CC1=C(C(=O)Nc2ccccc2)[C@H](c2ccc(C)cc2)NC(=O)N1. The van der Waals surface area contributed by atoms with E-state index in [9.17, 15) is 9.59 Å². The smallest absolute Gasteiger partial charge is 0.319 e. The van der Waals surface area contributed by atoms with Gasteiger partial charge in [-0.2, -0.15) is 0 Å². The molecule has 0 fully saturated rings. The minimum Gasteiger partial charge on any atom is -0.327 e. The Labute approximate surface area is 140 Å². The molecule has 3 amide bonds. The van der Waals surface area contributed by atoms with Crippen LogP contribution < -0.4 is 16.0 Å². The molecule has 1 heterocycles. The van der Waals surface area contributed by atoms with E-state index < -0.39 is 6.04 Å². The molecule has 1 aliphatic rings. The van der Waals surface area contributed by atoms with Crippen LogP contribution in [0.2, 0.25) is 0 Å². The van der Waals surface area contributed by atoms with Gasteiger partial charge in [0.05, 0.1) is 11.6 Å². The molecular formula is C19H19N3O2. The lowest BCUT2D eigenvalue weighted by molar-refractivity contribution is -0.113. The fraction of sp³-hybridized carbons (Fsp3) is 0.158. The standard InChI is InChI=1S/C19H19N3O2/c1-12-8-10-14(11-9-12)17-16(13(2)20-19(24)22-17)18(23)21-15-6-4-3-5-7-15/h3-11,17H,1-2H3,(H,21,23)(H2,20,22,24)/t17-/m0/s1. The molecule has 0 radical (unpaired) electrons. The van der Waals surface area contributed by atoms with Crippen molar-refractivity contribution in [3.63, 3.8) is 0 Å². The van der Waals surface area contributed by atoms with Gasteiger partial charge in [-0.1, -0.05) is 48.0 Å². The molecule has 5 nitrogen and oxygen atoms in total. The Balaban J connectivity index is 1.94. The Hall–Kier alpha value is -3.08. The molecule has 0 spiro atoms. The van der Waals surface area contributed by atoms with Crippen LogP contribution in [0, 0.1) is 6.92 Å². The minimum atomic E-state index is -0.483. The predicted molar refractivity (Wildman–Crippen MR) is 93.4 cm³/mol. The highest BCUT2D eigenvalue weighted by atomic mass is 16.2. The predicted octanol–water partition coefficient (Wildman–Crippen LogP) is 3.26. The van der Waals surface area contributed by atoms with Gasteiger partial charge in [0, 0.05) is 11.4 Å². The van der Waals surface area contributed by atoms with Crippen molar-refractivity contribution in [1.29, 1.82) is 0 Å². The largest absolute Gasteiger partial charge is 0.327 e. The second kappa shape index (κ2) is 6.58. The Bertz CT molecular complexity index is 795. The highest BCUT2D eigenvalue weighted by molar-refractivity contribution is 6.06. The topological polar surface area (TPSA) is 70.2 Å². The van der Waals surface area contributed by atoms with Crippen molar-refractivity contribution >= 4 is 17.6 Å². The molecule has 24 heavy (non-hydrogen) atoms. The normalized spacial score (nSPS) is 17.1. The highest BCUT2D eigenvalue weighted by Gasteiger charge is 2.31. The van der Waals surface area contributed by atoms with Crippen LogP contribution in [0.5, 0.6) is 0 Å². The van der Waals surface area contributed by atoms with Gasteiger partial charge in [0.25, 0.3) is 5.91 Å². The van der Waals surface area contributed by atoms with Crippen LogP contribution in [0.4, 0.5) is 10.5 Å². The van der Waals surface area contributed by atoms with E-state index >= 15 is 0 Å². The molecule has 1 atom stereocenters. The molecule has 2 aromatic rings. The van der Waals surface area contributed by atoms with Crippen molar-refractivity contribution in [3.8, 4) is 0 Å². The third-order valence-electron chi connectivity index (χ3n) is 3.96. The molecule has 1 aliphatic heterocycles. The van der Waals surface area contributed by atoms with Crippen LogP contribution in [0.15, 0.2) is 65.9 Å². The van der Waals surface area contributed by atoms with E-state index in [1.54, 1.807) is 6.92 Å². The molecule has 5 heteroatoms. The van der Waals surface area contributed by atoms with E-state index in [0.29, 0.717) is 17.0 Å². The van der Waals surface area contributed by atoms with Gasteiger partial charge in [0.2, 0.25) is 0 Å². The van der Waals surface area contributed by atoms with E-state index in [1.165, 1.54) is 0 Å². The van der Waals surface area contributed by atoms with Crippen molar-refractivity contribution in [2.45, 2.75) is 19.9 Å². The van der Waals surface area contributed by atoms with Gasteiger partial charge in [-0.25, -0.2) is 4.79 Å². The second-order valence-electron chi connectivity index (χ2n) is 5.80. The summed E-state index contributed by atoms with van der Waals surface area (Å²) in [7, 11) is 0. The van der Waals surface area contributed by atoms with Gasteiger partial charge < -0.3 is 16.0 Å². The first-order valence-electron chi connectivity index (χ1n) is 7.76. The first-order chi connectivity index (χ1) is 11.5. The van der Waals surface area contributed by atoms with Crippen LogP contribution in [-0.2, 0) is 4.79 Å². The van der Waals surface area contributed by atoms with E-state index in [2.05, 4.69) is 16.0 Å². The number of benzene rings is 2. The summed E-state index contributed by atoms with van der Waals surface area (Å²) in [6.07, 6.45) is 0. The van der Waals surface area contributed by atoms with Crippen LogP contribution in [-0.4, -0.2) is 11.9 Å². The summed E-state index contributed by atoms with van der Waals surface area (Å²) in [4.78, 5) is 24.6. The lowest BCUT2D eigenvalue weighted by atomic mass is 9.94. The van der Waals surface area contributed by atoms with Crippen molar-refractivity contribution in [3.05, 3.63) is 77.0 Å². The summed E-state index contributed by atoms with van der Waals surface area (Å²) in [5.41, 5.74) is 3.76. The number of urea groups is 1. The van der Waals surface area contributed by atoms with Crippen molar-refractivity contribution < 1.29 is 9.59 Å². The maximum Gasteiger partial charge on any atom is 0.319 e. The number of nitrogens with one attached hydrogen (secondary N) is 3. The molecule has 2 aromatic carbocycles. The molecule has 0 unspecified atom stereocenters. The Kier molecular flexibility index (Phi) is 4.33. The lowest BCUT2D eigenvalue weighted by Crippen LogP contribution is -2.45. The number of anilines is 1. The van der Waals surface area contributed by atoms with Crippen LogP contribution in [0.3, 0.4) is 0 Å². The number of amides is 3. The molecular weight excluding hydrogens is 302 g/mol.